The number of carbonyl (C=O) groups excluding carboxylic acids is 2. The molecule has 0 heterocycles. The lowest BCUT2D eigenvalue weighted by molar-refractivity contribution is -0.163. The van der Waals surface area contributed by atoms with E-state index in [-0.39, 0.29) is 11.5 Å². The van der Waals surface area contributed by atoms with Crippen molar-refractivity contribution in [3.05, 3.63) is 24.0 Å². The van der Waals surface area contributed by atoms with Gasteiger partial charge < -0.3 is 14.2 Å². The molecule has 3 rings (SSSR count). The minimum atomic E-state index is -0.986. The molecule has 0 aromatic carbocycles. The molecule has 0 radical (unpaired) electrons. The summed E-state index contributed by atoms with van der Waals surface area (Å²) in [7, 11) is 2.58. The fourth-order valence-corrected chi connectivity index (χ4v) is 5.37. The van der Waals surface area contributed by atoms with Crippen molar-refractivity contribution in [2.75, 3.05) is 14.2 Å². The summed E-state index contributed by atoms with van der Waals surface area (Å²) in [6.45, 7) is 8.96. The van der Waals surface area contributed by atoms with Crippen LogP contribution in [0.3, 0.4) is 0 Å². The number of ether oxygens (including phenoxy) is 3. The topological polar surface area (TPSA) is 61.8 Å². The van der Waals surface area contributed by atoms with Gasteiger partial charge in [-0.2, -0.15) is 0 Å². The minimum absolute atomic E-state index is 0.188. The Kier molecular flexibility index (Phi) is 4.94. The van der Waals surface area contributed by atoms with Crippen molar-refractivity contribution in [1.29, 1.82) is 0 Å². The Morgan fingerprint density at radius 1 is 1.11 bits per heavy atom. The van der Waals surface area contributed by atoms with E-state index >= 15 is 0 Å². The van der Waals surface area contributed by atoms with E-state index < -0.39 is 23.3 Å². The molecule has 4 atom stereocenters. The van der Waals surface area contributed by atoms with Crippen LogP contribution in [-0.4, -0.2) is 32.3 Å². The second kappa shape index (κ2) is 6.68. The van der Waals surface area contributed by atoms with Gasteiger partial charge in [-0.1, -0.05) is 33.8 Å². The third-order valence-corrected chi connectivity index (χ3v) is 7.90. The first kappa shape index (κ1) is 20.0. The van der Waals surface area contributed by atoms with Gasteiger partial charge in [0.05, 0.1) is 14.2 Å². The van der Waals surface area contributed by atoms with E-state index in [9.17, 15) is 9.59 Å². The lowest BCUT2D eigenvalue weighted by Gasteiger charge is -2.40. The van der Waals surface area contributed by atoms with Crippen molar-refractivity contribution >= 4 is 11.9 Å². The molecule has 0 saturated heterocycles. The van der Waals surface area contributed by atoms with Crippen molar-refractivity contribution in [2.24, 2.45) is 28.1 Å². The summed E-state index contributed by atoms with van der Waals surface area (Å²) in [5.74, 6) is -0.590. The summed E-state index contributed by atoms with van der Waals surface area (Å²) >= 11 is 0. The molecule has 2 fully saturated rings. The third-order valence-electron chi connectivity index (χ3n) is 7.90. The Morgan fingerprint density at radius 3 is 2.15 bits per heavy atom. The second-order valence-electron chi connectivity index (χ2n) is 9.35. The predicted octanol–water partition coefficient (Wildman–Crippen LogP) is 4.03. The third kappa shape index (κ3) is 2.99. The van der Waals surface area contributed by atoms with E-state index in [4.69, 9.17) is 14.2 Å². The number of hydrogen-bond acceptors (Lipinski definition) is 5. The molecule has 0 amide bonds. The highest BCUT2D eigenvalue weighted by Gasteiger charge is 2.62. The maximum atomic E-state index is 12.2. The first-order valence-corrected chi connectivity index (χ1v) is 9.81. The molecule has 0 aromatic rings. The van der Waals surface area contributed by atoms with Crippen LogP contribution in [0.2, 0.25) is 0 Å². The average molecular weight is 376 g/mol. The standard InChI is InChI=1S/C22H32O5/c1-20(2)14-7-12-22(20,4)16(13-14)27-15-8-10-21(3,11-9-15)17(18(23)25-5)19(24)26-6/h8-10,14,16-17H,7,11-13H2,1-6H3/t14-,16+,21?,22+/m0/s1. The maximum absolute atomic E-state index is 12.2. The molecule has 0 aromatic heterocycles. The van der Waals surface area contributed by atoms with E-state index in [1.807, 2.05) is 25.2 Å². The number of methoxy groups -OCH3 is 2. The van der Waals surface area contributed by atoms with Gasteiger partial charge in [-0.15, -0.1) is 0 Å². The van der Waals surface area contributed by atoms with Crippen LogP contribution < -0.4 is 0 Å². The molecular formula is C22H32O5. The molecule has 5 nitrogen and oxygen atoms in total. The van der Waals surface area contributed by atoms with Crippen molar-refractivity contribution in [2.45, 2.75) is 59.5 Å². The summed E-state index contributed by atoms with van der Waals surface area (Å²) < 4.78 is 16.1. The van der Waals surface area contributed by atoms with E-state index in [0.29, 0.717) is 17.8 Å². The number of esters is 2. The van der Waals surface area contributed by atoms with E-state index in [2.05, 4.69) is 20.8 Å². The zero-order valence-corrected chi connectivity index (χ0v) is 17.3. The number of allylic oxidation sites excluding steroid dienone is 3. The first-order chi connectivity index (χ1) is 12.6. The minimum Gasteiger partial charge on any atom is -0.490 e. The molecule has 27 heavy (non-hydrogen) atoms. The smallest absolute Gasteiger partial charge is 0.320 e. The van der Waals surface area contributed by atoms with Crippen molar-refractivity contribution in [1.82, 2.24) is 0 Å². The Hall–Kier alpha value is -1.78. The predicted molar refractivity (Wildman–Crippen MR) is 102 cm³/mol. The van der Waals surface area contributed by atoms with E-state index in [1.54, 1.807) is 0 Å². The number of fused-ring (bicyclic) bond motifs is 2. The van der Waals surface area contributed by atoms with Gasteiger partial charge in [-0.3, -0.25) is 9.59 Å². The molecule has 0 spiro atoms. The van der Waals surface area contributed by atoms with Gasteiger partial charge in [0.2, 0.25) is 0 Å². The summed E-state index contributed by atoms with van der Waals surface area (Å²) in [4.78, 5) is 24.3. The SMILES string of the molecule is COC(=O)C(C(=O)OC)C1(C)C=CC(O[C@@H]2C[C@@H]3CC[C@@]2(C)C3(C)C)=CC1. The van der Waals surface area contributed by atoms with Crippen LogP contribution in [0.4, 0.5) is 0 Å². The fourth-order valence-electron chi connectivity index (χ4n) is 5.37. The lowest BCUT2D eigenvalue weighted by atomic mass is 9.70. The van der Waals surface area contributed by atoms with Crippen LogP contribution in [0.15, 0.2) is 24.0 Å². The average Bonchev–Trinajstić information content (AvgIpc) is 2.97. The highest BCUT2D eigenvalue weighted by atomic mass is 16.5. The molecule has 5 heteroatoms. The summed E-state index contributed by atoms with van der Waals surface area (Å²) in [6, 6.07) is 0. The molecule has 0 aliphatic heterocycles. The molecule has 2 bridgehead atoms. The van der Waals surface area contributed by atoms with Gasteiger partial charge >= 0.3 is 11.9 Å². The Balaban J connectivity index is 1.73. The van der Waals surface area contributed by atoms with Crippen molar-refractivity contribution in [3.63, 3.8) is 0 Å². The van der Waals surface area contributed by atoms with Crippen LogP contribution in [-0.2, 0) is 23.8 Å². The largest absolute Gasteiger partial charge is 0.490 e. The van der Waals surface area contributed by atoms with Gasteiger partial charge in [-0.05, 0) is 49.2 Å². The van der Waals surface area contributed by atoms with Crippen LogP contribution in [0, 0.1) is 28.1 Å². The van der Waals surface area contributed by atoms with Gasteiger partial charge in [0.25, 0.3) is 0 Å². The van der Waals surface area contributed by atoms with Gasteiger partial charge in [-0.25, -0.2) is 0 Å². The number of carbonyl (C=O) groups is 2. The molecule has 150 valence electrons. The molecule has 0 N–H and O–H groups in total. The van der Waals surface area contributed by atoms with Crippen LogP contribution in [0.5, 0.6) is 0 Å². The normalized spacial score (nSPS) is 36.5. The summed E-state index contributed by atoms with van der Waals surface area (Å²) in [5.41, 5.74) is -0.204. The zero-order valence-electron chi connectivity index (χ0n) is 17.3. The van der Waals surface area contributed by atoms with Crippen molar-refractivity contribution in [3.8, 4) is 0 Å². The summed E-state index contributed by atoms with van der Waals surface area (Å²) in [6.07, 6.45) is 10.1. The molecular weight excluding hydrogens is 344 g/mol. The summed E-state index contributed by atoms with van der Waals surface area (Å²) in [5, 5.41) is 0. The lowest BCUT2D eigenvalue weighted by Crippen LogP contribution is -2.40. The molecule has 3 aliphatic carbocycles. The Labute approximate surface area is 162 Å². The highest BCUT2D eigenvalue weighted by Crippen LogP contribution is 2.66. The monoisotopic (exact) mass is 376 g/mol. The molecule has 3 aliphatic rings. The van der Waals surface area contributed by atoms with Crippen LogP contribution >= 0.6 is 0 Å². The van der Waals surface area contributed by atoms with Gasteiger partial charge in [0, 0.05) is 10.8 Å². The van der Waals surface area contributed by atoms with Crippen LogP contribution in [0.25, 0.3) is 0 Å². The highest BCUT2D eigenvalue weighted by molar-refractivity contribution is 5.96. The van der Waals surface area contributed by atoms with Gasteiger partial charge in [0.1, 0.15) is 11.9 Å². The quantitative estimate of drug-likeness (QED) is 0.535. The molecule has 2 saturated carbocycles. The van der Waals surface area contributed by atoms with Crippen molar-refractivity contribution < 1.29 is 23.8 Å². The zero-order chi connectivity index (χ0) is 20.0. The number of rotatable bonds is 5. The van der Waals surface area contributed by atoms with E-state index in [0.717, 1.165) is 12.2 Å². The van der Waals surface area contributed by atoms with Crippen LogP contribution in [0.1, 0.15) is 53.4 Å². The fraction of sp³-hybridized carbons (Fsp3) is 0.727. The maximum Gasteiger partial charge on any atom is 0.320 e. The van der Waals surface area contributed by atoms with Gasteiger partial charge in [0.15, 0.2) is 5.92 Å². The second-order valence-corrected chi connectivity index (χ2v) is 9.35. The first-order valence-electron chi connectivity index (χ1n) is 9.81. The molecule has 1 unspecified atom stereocenters. The Morgan fingerprint density at radius 2 is 1.74 bits per heavy atom. The van der Waals surface area contributed by atoms with E-state index in [1.165, 1.54) is 27.1 Å². The Bertz CT molecular complexity index is 675. The number of hydrogen-bond donors (Lipinski definition) is 0.